The van der Waals surface area contributed by atoms with Crippen molar-refractivity contribution >= 4 is 5.97 Å². The molecule has 0 saturated heterocycles. The summed E-state index contributed by atoms with van der Waals surface area (Å²) in [4.78, 5) is 10.8. The highest BCUT2D eigenvalue weighted by Crippen LogP contribution is 2.02. The van der Waals surface area contributed by atoms with Crippen LogP contribution < -0.4 is 0 Å². The van der Waals surface area contributed by atoms with Gasteiger partial charge in [0.2, 0.25) is 6.29 Å². The second-order valence-electron chi connectivity index (χ2n) is 2.98. The predicted octanol–water partition coefficient (Wildman–Crippen LogP) is 1.48. The molecule has 0 spiro atoms. The van der Waals surface area contributed by atoms with Crippen molar-refractivity contribution in [2.24, 2.45) is 0 Å². The summed E-state index contributed by atoms with van der Waals surface area (Å²) in [6.07, 6.45) is -0.0267. The molecule has 0 amide bonds. The standard InChI is InChI=1S/C11H20O5/c1-5-11(12)16-10(4)15-9(3)14-8-7-13-6-2/h5,9-10H,1,6-8H2,2-4H3. The van der Waals surface area contributed by atoms with E-state index in [9.17, 15) is 4.79 Å². The van der Waals surface area contributed by atoms with Gasteiger partial charge in [0.05, 0.1) is 13.2 Å². The van der Waals surface area contributed by atoms with E-state index in [1.165, 1.54) is 0 Å². The summed E-state index contributed by atoms with van der Waals surface area (Å²) in [6, 6.07) is 0. The Labute approximate surface area is 96.3 Å². The quantitative estimate of drug-likeness (QED) is 0.261. The third-order valence-corrected chi connectivity index (χ3v) is 1.62. The number of carbonyl (C=O) groups is 1. The van der Waals surface area contributed by atoms with Crippen LogP contribution in [0.5, 0.6) is 0 Å². The van der Waals surface area contributed by atoms with Gasteiger partial charge in [0.1, 0.15) is 0 Å². The number of esters is 1. The molecular weight excluding hydrogens is 212 g/mol. The number of carbonyl (C=O) groups excluding carboxylic acids is 1. The molecule has 0 aliphatic heterocycles. The van der Waals surface area contributed by atoms with Crippen LogP contribution in [-0.2, 0) is 23.7 Å². The van der Waals surface area contributed by atoms with E-state index in [1.807, 2.05) is 6.92 Å². The highest BCUT2D eigenvalue weighted by atomic mass is 16.8. The third kappa shape index (κ3) is 8.40. The molecule has 94 valence electrons. The smallest absolute Gasteiger partial charge is 0.332 e. The van der Waals surface area contributed by atoms with Gasteiger partial charge in [-0.2, -0.15) is 0 Å². The second kappa shape index (κ2) is 9.33. The summed E-state index contributed by atoms with van der Waals surface area (Å²) in [6.45, 7) is 10.2. The van der Waals surface area contributed by atoms with Gasteiger partial charge < -0.3 is 18.9 Å². The Bertz CT molecular complexity index is 205. The van der Waals surface area contributed by atoms with Crippen molar-refractivity contribution in [3.05, 3.63) is 12.7 Å². The van der Waals surface area contributed by atoms with E-state index in [0.717, 1.165) is 6.08 Å². The van der Waals surface area contributed by atoms with E-state index < -0.39 is 18.5 Å². The molecule has 0 aromatic heterocycles. The van der Waals surface area contributed by atoms with Crippen molar-refractivity contribution in [1.82, 2.24) is 0 Å². The van der Waals surface area contributed by atoms with Crippen molar-refractivity contribution in [3.63, 3.8) is 0 Å². The minimum atomic E-state index is -0.660. The topological polar surface area (TPSA) is 54.0 Å². The molecule has 0 N–H and O–H groups in total. The van der Waals surface area contributed by atoms with Gasteiger partial charge in [-0.1, -0.05) is 6.58 Å². The van der Waals surface area contributed by atoms with E-state index >= 15 is 0 Å². The first kappa shape index (κ1) is 15.1. The normalized spacial score (nSPS) is 14.2. The molecule has 0 fully saturated rings. The van der Waals surface area contributed by atoms with Gasteiger partial charge >= 0.3 is 5.97 Å². The Morgan fingerprint density at radius 2 is 2.00 bits per heavy atom. The molecule has 0 radical (unpaired) electrons. The van der Waals surface area contributed by atoms with Gasteiger partial charge in [0.25, 0.3) is 0 Å². The van der Waals surface area contributed by atoms with Crippen molar-refractivity contribution in [3.8, 4) is 0 Å². The number of hydrogen-bond acceptors (Lipinski definition) is 5. The lowest BCUT2D eigenvalue weighted by Crippen LogP contribution is -2.25. The van der Waals surface area contributed by atoms with E-state index in [0.29, 0.717) is 19.8 Å². The fraction of sp³-hybridized carbons (Fsp3) is 0.727. The zero-order valence-electron chi connectivity index (χ0n) is 10.1. The maximum atomic E-state index is 10.8. The van der Waals surface area contributed by atoms with Crippen molar-refractivity contribution in [2.45, 2.75) is 33.4 Å². The van der Waals surface area contributed by atoms with Crippen LogP contribution in [0.4, 0.5) is 0 Å². The van der Waals surface area contributed by atoms with E-state index in [-0.39, 0.29) is 0 Å². The monoisotopic (exact) mass is 232 g/mol. The molecule has 0 aromatic carbocycles. The van der Waals surface area contributed by atoms with Gasteiger partial charge in [-0.15, -0.1) is 0 Å². The third-order valence-electron chi connectivity index (χ3n) is 1.62. The lowest BCUT2D eigenvalue weighted by molar-refractivity contribution is -0.228. The fourth-order valence-electron chi connectivity index (χ4n) is 0.966. The zero-order valence-corrected chi connectivity index (χ0v) is 10.1. The summed E-state index contributed by atoms with van der Waals surface area (Å²) >= 11 is 0. The molecule has 0 aromatic rings. The largest absolute Gasteiger partial charge is 0.433 e. The van der Waals surface area contributed by atoms with Crippen molar-refractivity contribution < 1.29 is 23.7 Å². The van der Waals surface area contributed by atoms with Crippen LogP contribution in [0.15, 0.2) is 12.7 Å². The van der Waals surface area contributed by atoms with Crippen molar-refractivity contribution in [1.29, 1.82) is 0 Å². The summed E-state index contributed by atoms with van der Waals surface area (Å²) in [5, 5.41) is 0. The van der Waals surface area contributed by atoms with Gasteiger partial charge in [0.15, 0.2) is 6.29 Å². The van der Waals surface area contributed by atoms with Crippen LogP contribution >= 0.6 is 0 Å². The van der Waals surface area contributed by atoms with Gasteiger partial charge in [0, 0.05) is 12.7 Å². The molecule has 5 nitrogen and oxygen atoms in total. The lowest BCUT2D eigenvalue weighted by Gasteiger charge is -2.19. The molecule has 0 rings (SSSR count). The molecule has 0 saturated carbocycles. The minimum Gasteiger partial charge on any atom is -0.433 e. The highest BCUT2D eigenvalue weighted by molar-refractivity contribution is 5.81. The van der Waals surface area contributed by atoms with Gasteiger partial charge in [-0.25, -0.2) is 4.79 Å². The fourth-order valence-corrected chi connectivity index (χ4v) is 0.966. The summed E-state index contributed by atoms with van der Waals surface area (Å²) < 4.78 is 20.4. The second-order valence-corrected chi connectivity index (χ2v) is 2.98. The Morgan fingerprint density at radius 1 is 1.31 bits per heavy atom. The first-order valence-corrected chi connectivity index (χ1v) is 5.28. The Morgan fingerprint density at radius 3 is 2.56 bits per heavy atom. The number of ether oxygens (including phenoxy) is 4. The van der Waals surface area contributed by atoms with Crippen LogP contribution in [-0.4, -0.2) is 38.4 Å². The highest BCUT2D eigenvalue weighted by Gasteiger charge is 2.11. The van der Waals surface area contributed by atoms with Gasteiger partial charge in [-0.3, -0.25) is 0 Å². The van der Waals surface area contributed by atoms with Crippen LogP contribution in [0.2, 0.25) is 0 Å². The maximum absolute atomic E-state index is 10.8. The Hall–Kier alpha value is -0.910. The maximum Gasteiger partial charge on any atom is 0.332 e. The van der Waals surface area contributed by atoms with Crippen LogP contribution in [0, 0.1) is 0 Å². The molecule has 0 aliphatic carbocycles. The van der Waals surface area contributed by atoms with Gasteiger partial charge in [-0.05, 0) is 20.8 Å². The molecule has 2 unspecified atom stereocenters. The predicted molar refractivity (Wildman–Crippen MR) is 58.7 cm³/mol. The number of hydrogen-bond donors (Lipinski definition) is 0. The molecular formula is C11H20O5. The molecule has 0 bridgehead atoms. The molecule has 16 heavy (non-hydrogen) atoms. The Balaban J connectivity index is 3.57. The summed E-state index contributed by atoms with van der Waals surface area (Å²) in [7, 11) is 0. The Kier molecular flexibility index (Phi) is 8.80. The minimum absolute atomic E-state index is 0.442. The molecule has 0 heterocycles. The molecule has 5 heteroatoms. The average Bonchev–Trinajstić information content (AvgIpc) is 2.24. The molecule has 0 aliphatic rings. The van der Waals surface area contributed by atoms with Crippen LogP contribution in [0.25, 0.3) is 0 Å². The van der Waals surface area contributed by atoms with Crippen LogP contribution in [0.3, 0.4) is 0 Å². The first-order valence-electron chi connectivity index (χ1n) is 5.28. The van der Waals surface area contributed by atoms with Crippen molar-refractivity contribution in [2.75, 3.05) is 19.8 Å². The lowest BCUT2D eigenvalue weighted by atomic mass is 10.6. The van der Waals surface area contributed by atoms with E-state index in [2.05, 4.69) is 6.58 Å². The average molecular weight is 232 g/mol. The summed E-state index contributed by atoms with van der Waals surface area (Å²) in [5.74, 6) is -0.519. The first-order chi connectivity index (χ1) is 7.60. The van der Waals surface area contributed by atoms with E-state index in [4.69, 9.17) is 18.9 Å². The SMILES string of the molecule is C=CC(=O)OC(C)OC(C)OCCOCC. The van der Waals surface area contributed by atoms with E-state index in [1.54, 1.807) is 13.8 Å². The van der Waals surface area contributed by atoms with Crippen LogP contribution in [0.1, 0.15) is 20.8 Å². The number of rotatable bonds is 9. The molecule has 2 atom stereocenters. The summed E-state index contributed by atoms with van der Waals surface area (Å²) in [5.41, 5.74) is 0. The zero-order chi connectivity index (χ0) is 12.4.